The molecule has 1 aliphatic rings. The Bertz CT molecular complexity index is 727. The van der Waals surface area contributed by atoms with Gasteiger partial charge in [0.25, 0.3) is 0 Å². The maximum absolute atomic E-state index is 5.99. The first-order valence-electron chi connectivity index (χ1n) is 8.40. The smallest absolute Gasteiger partial charge is 0.126 e. The number of nitrogens with zero attached hydrogens (tertiary/aromatic N) is 1. The molecule has 0 amide bonds. The summed E-state index contributed by atoms with van der Waals surface area (Å²) < 4.78 is 11.4. The maximum Gasteiger partial charge on any atom is 0.126 e. The van der Waals surface area contributed by atoms with Gasteiger partial charge in [-0.1, -0.05) is 36.4 Å². The fraction of sp³-hybridized carbons (Fsp3) is 0.333. The summed E-state index contributed by atoms with van der Waals surface area (Å²) in [6.45, 7) is 1.76. The molecular weight excluding hydrogens is 334 g/mol. The normalized spacial score (nSPS) is 18.1. The lowest BCUT2D eigenvalue weighted by molar-refractivity contribution is 0.279. The minimum absolute atomic E-state index is 0. The number of fused-ring (bicyclic) bond motifs is 1. The van der Waals surface area contributed by atoms with Gasteiger partial charge in [0.2, 0.25) is 0 Å². The summed E-state index contributed by atoms with van der Waals surface area (Å²) in [5, 5.41) is 0. The van der Waals surface area contributed by atoms with Crippen LogP contribution in [0.5, 0.6) is 11.5 Å². The Morgan fingerprint density at radius 1 is 1.16 bits per heavy atom. The minimum atomic E-state index is 0. The van der Waals surface area contributed by atoms with Crippen LogP contribution in [0.2, 0.25) is 0 Å². The molecule has 4 heteroatoms. The summed E-state index contributed by atoms with van der Waals surface area (Å²) in [7, 11) is 5.96. The summed E-state index contributed by atoms with van der Waals surface area (Å²) in [5.74, 6) is 2.30. The van der Waals surface area contributed by atoms with Crippen molar-refractivity contribution in [2.75, 3.05) is 34.4 Å². The predicted molar refractivity (Wildman–Crippen MR) is 107 cm³/mol. The zero-order valence-corrected chi connectivity index (χ0v) is 15.9. The van der Waals surface area contributed by atoms with Gasteiger partial charge in [-0.15, -0.1) is 12.4 Å². The van der Waals surface area contributed by atoms with E-state index in [9.17, 15) is 0 Å². The van der Waals surface area contributed by atoms with Crippen LogP contribution in [-0.4, -0.2) is 39.3 Å². The van der Waals surface area contributed by atoms with Gasteiger partial charge in [-0.25, -0.2) is 0 Å². The third kappa shape index (κ3) is 4.77. The Hall–Kier alpha value is -1.97. The molecule has 0 bridgehead atoms. The van der Waals surface area contributed by atoms with Crippen molar-refractivity contribution in [3.8, 4) is 11.5 Å². The van der Waals surface area contributed by atoms with Crippen molar-refractivity contribution in [2.24, 2.45) is 5.92 Å². The Kier molecular flexibility index (Phi) is 6.91. The first-order valence-corrected chi connectivity index (χ1v) is 8.40. The third-order valence-corrected chi connectivity index (χ3v) is 4.36. The monoisotopic (exact) mass is 359 g/mol. The molecule has 0 radical (unpaired) electrons. The van der Waals surface area contributed by atoms with Gasteiger partial charge in [0.05, 0.1) is 13.7 Å². The molecule has 1 heterocycles. The molecule has 2 aromatic carbocycles. The second-order valence-corrected chi connectivity index (χ2v) is 6.47. The number of methoxy groups -OCH3 is 1. The molecule has 25 heavy (non-hydrogen) atoms. The van der Waals surface area contributed by atoms with E-state index in [-0.39, 0.29) is 12.4 Å². The first kappa shape index (κ1) is 19.4. The highest BCUT2D eigenvalue weighted by Gasteiger charge is 2.23. The second kappa shape index (κ2) is 8.93. The first-order chi connectivity index (χ1) is 11.7. The highest BCUT2D eigenvalue weighted by atomic mass is 35.5. The van der Waals surface area contributed by atoms with Gasteiger partial charge in [0, 0.05) is 18.0 Å². The van der Waals surface area contributed by atoms with E-state index in [1.807, 2.05) is 18.2 Å². The lowest BCUT2D eigenvalue weighted by atomic mass is 9.88. The topological polar surface area (TPSA) is 21.7 Å². The minimum Gasteiger partial charge on any atom is -0.497 e. The van der Waals surface area contributed by atoms with Crippen molar-refractivity contribution in [1.29, 1.82) is 0 Å². The van der Waals surface area contributed by atoms with Crippen LogP contribution in [0.15, 0.2) is 48.5 Å². The summed E-state index contributed by atoms with van der Waals surface area (Å²) in [5.41, 5.74) is 3.69. The van der Waals surface area contributed by atoms with E-state index in [1.165, 1.54) is 11.1 Å². The Labute approximate surface area is 156 Å². The molecule has 0 aromatic heterocycles. The zero-order chi connectivity index (χ0) is 16.9. The van der Waals surface area contributed by atoms with Crippen LogP contribution in [-0.2, 0) is 0 Å². The standard InChI is InChI=1S/C21H25NO2.ClH/c1-22(2)15-17-11-12-24-21-10-5-4-9-19(21)20(17)14-16-7-6-8-18(13-16)23-3;/h4-10,13-14,17H,11-12,15H2,1-3H3;1H. The molecular formula is C21H26ClNO2. The molecule has 0 N–H and O–H groups in total. The van der Waals surface area contributed by atoms with Crippen molar-refractivity contribution in [3.05, 3.63) is 59.7 Å². The van der Waals surface area contributed by atoms with Crippen molar-refractivity contribution < 1.29 is 9.47 Å². The summed E-state index contributed by atoms with van der Waals surface area (Å²) in [6.07, 6.45) is 3.30. The highest BCUT2D eigenvalue weighted by molar-refractivity contribution is 5.86. The van der Waals surface area contributed by atoms with Crippen molar-refractivity contribution >= 4 is 24.1 Å². The number of hydrogen-bond acceptors (Lipinski definition) is 3. The molecule has 3 rings (SSSR count). The molecule has 2 aromatic rings. The molecule has 1 aliphatic heterocycles. The molecule has 0 fully saturated rings. The van der Waals surface area contributed by atoms with E-state index in [0.717, 1.165) is 36.6 Å². The Balaban J connectivity index is 0.00000225. The quantitative estimate of drug-likeness (QED) is 0.795. The van der Waals surface area contributed by atoms with Crippen LogP contribution in [0, 0.1) is 5.92 Å². The van der Waals surface area contributed by atoms with E-state index in [0.29, 0.717) is 5.92 Å². The van der Waals surface area contributed by atoms with Gasteiger partial charge in [-0.05, 0) is 49.9 Å². The zero-order valence-electron chi connectivity index (χ0n) is 15.1. The molecule has 0 saturated carbocycles. The van der Waals surface area contributed by atoms with Crippen LogP contribution >= 0.6 is 12.4 Å². The number of para-hydroxylation sites is 1. The molecule has 134 valence electrons. The van der Waals surface area contributed by atoms with Crippen molar-refractivity contribution in [1.82, 2.24) is 4.90 Å². The molecule has 1 unspecified atom stereocenters. The fourth-order valence-electron chi connectivity index (χ4n) is 3.25. The number of rotatable bonds is 4. The summed E-state index contributed by atoms with van der Waals surface area (Å²) >= 11 is 0. The molecule has 0 spiro atoms. The van der Waals surface area contributed by atoms with Gasteiger partial charge in [-0.2, -0.15) is 0 Å². The van der Waals surface area contributed by atoms with Crippen LogP contribution in [0.1, 0.15) is 17.5 Å². The van der Waals surface area contributed by atoms with Gasteiger partial charge < -0.3 is 14.4 Å². The fourth-order valence-corrected chi connectivity index (χ4v) is 3.25. The number of hydrogen-bond donors (Lipinski definition) is 0. The average molecular weight is 360 g/mol. The van der Waals surface area contributed by atoms with Crippen molar-refractivity contribution in [2.45, 2.75) is 6.42 Å². The molecule has 1 atom stereocenters. The molecule has 3 nitrogen and oxygen atoms in total. The van der Waals surface area contributed by atoms with E-state index in [2.05, 4.69) is 55.4 Å². The van der Waals surface area contributed by atoms with Gasteiger partial charge in [0.1, 0.15) is 11.5 Å². The second-order valence-electron chi connectivity index (χ2n) is 6.47. The van der Waals surface area contributed by atoms with Gasteiger partial charge in [-0.3, -0.25) is 0 Å². The van der Waals surface area contributed by atoms with Crippen LogP contribution in [0.4, 0.5) is 0 Å². The van der Waals surface area contributed by atoms with Crippen molar-refractivity contribution in [3.63, 3.8) is 0 Å². The summed E-state index contributed by atoms with van der Waals surface area (Å²) in [6, 6.07) is 16.6. The van der Waals surface area contributed by atoms with E-state index >= 15 is 0 Å². The highest BCUT2D eigenvalue weighted by Crippen LogP contribution is 2.37. The van der Waals surface area contributed by atoms with E-state index < -0.39 is 0 Å². The van der Waals surface area contributed by atoms with Crippen LogP contribution < -0.4 is 9.47 Å². The molecule has 0 saturated heterocycles. The Morgan fingerprint density at radius 3 is 2.72 bits per heavy atom. The lowest BCUT2D eigenvalue weighted by Crippen LogP contribution is -2.23. The number of ether oxygens (including phenoxy) is 2. The van der Waals surface area contributed by atoms with Gasteiger partial charge in [0.15, 0.2) is 0 Å². The maximum atomic E-state index is 5.99. The SMILES string of the molecule is COc1cccc(C=C2c3ccccc3OCCC2CN(C)C)c1.Cl. The lowest BCUT2D eigenvalue weighted by Gasteiger charge is -2.22. The Morgan fingerprint density at radius 2 is 1.96 bits per heavy atom. The van der Waals surface area contributed by atoms with Gasteiger partial charge >= 0.3 is 0 Å². The van der Waals surface area contributed by atoms with Crippen LogP contribution in [0.3, 0.4) is 0 Å². The average Bonchev–Trinajstić information content (AvgIpc) is 2.75. The number of halogens is 1. The number of benzene rings is 2. The van der Waals surface area contributed by atoms with E-state index in [4.69, 9.17) is 9.47 Å². The summed E-state index contributed by atoms with van der Waals surface area (Å²) in [4.78, 5) is 2.25. The third-order valence-electron chi connectivity index (χ3n) is 4.36. The molecule has 0 aliphatic carbocycles. The largest absolute Gasteiger partial charge is 0.497 e. The van der Waals surface area contributed by atoms with Crippen LogP contribution in [0.25, 0.3) is 11.6 Å². The van der Waals surface area contributed by atoms with E-state index in [1.54, 1.807) is 7.11 Å². The predicted octanol–water partition coefficient (Wildman–Crippen LogP) is 4.62.